The Morgan fingerprint density at radius 3 is 2.29 bits per heavy atom. The molecule has 3 nitrogen and oxygen atoms in total. The smallest absolute Gasteiger partial charge is 0.340 e. The van der Waals surface area contributed by atoms with E-state index in [1.165, 1.54) is 14.0 Å². The maximum Gasteiger partial charge on any atom is 0.340 e. The molecule has 1 atom stereocenters. The van der Waals surface area contributed by atoms with Crippen molar-refractivity contribution in [1.82, 2.24) is 0 Å². The number of benzene rings is 1. The van der Waals surface area contributed by atoms with Crippen LogP contribution >= 0.6 is 11.6 Å². The molecule has 1 aromatic carbocycles. The zero-order valence-corrected chi connectivity index (χ0v) is 8.71. The highest BCUT2D eigenvalue weighted by Crippen LogP contribution is 2.25. The second-order valence-corrected chi connectivity index (χ2v) is 3.49. The topological polar surface area (TPSA) is 46.5 Å². The van der Waals surface area contributed by atoms with Gasteiger partial charge in [0.15, 0.2) is 5.60 Å². The van der Waals surface area contributed by atoms with Crippen LogP contribution in [0.1, 0.15) is 12.5 Å². The lowest BCUT2D eigenvalue weighted by Gasteiger charge is -2.23. The van der Waals surface area contributed by atoms with E-state index in [0.717, 1.165) is 0 Å². The van der Waals surface area contributed by atoms with Gasteiger partial charge in [0, 0.05) is 12.1 Å². The number of rotatable bonds is 3. The van der Waals surface area contributed by atoms with E-state index in [1.54, 1.807) is 24.3 Å². The molecule has 0 spiro atoms. The Bertz CT molecular complexity index is 334. The largest absolute Gasteiger partial charge is 0.479 e. The van der Waals surface area contributed by atoms with E-state index in [9.17, 15) is 4.79 Å². The van der Waals surface area contributed by atoms with Gasteiger partial charge >= 0.3 is 5.97 Å². The van der Waals surface area contributed by atoms with Crippen molar-refractivity contribution in [2.45, 2.75) is 12.5 Å². The quantitative estimate of drug-likeness (QED) is 0.840. The van der Waals surface area contributed by atoms with Gasteiger partial charge in [0.25, 0.3) is 0 Å². The summed E-state index contributed by atoms with van der Waals surface area (Å²) in [5.41, 5.74) is -0.748. The van der Waals surface area contributed by atoms with Gasteiger partial charge in [-0.3, -0.25) is 0 Å². The highest BCUT2D eigenvalue weighted by Gasteiger charge is 2.34. The van der Waals surface area contributed by atoms with Crippen molar-refractivity contribution < 1.29 is 14.6 Å². The first-order valence-electron chi connectivity index (χ1n) is 4.05. The maximum atomic E-state index is 11.0. The molecule has 1 N–H and O–H groups in total. The van der Waals surface area contributed by atoms with E-state index in [4.69, 9.17) is 21.4 Å². The zero-order valence-electron chi connectivity index (χ0n) is 7.95. The van der Waals surface area contributed by atoms with Crippen molar-refractivity contribution in [3.8, 4) is 0 Å². The minimum Gasteiger partial charge on any atom is -0.479 e. The molecule has 0 radical (unpaired) electrons. The summed E-state index contributed by atoms with van der Waals surface area (Å²) in [5, 5.41) is 9.56. The number of carboxylic acid groups (broad SMARTS) is 1. The Morgan fingerprint density at radius 2 is 1.93 bits per heavy atom. The fraction of sp³-hybridized carbons (Fsp3) is 0.300. The van der Waals surface area contributed by atoms with Gasteiger partial charge in [0.2, 0.25) is 0 Å². The minimum atomic E-state index is -1.31. The third-order valence-corrected chi connectivity index (χ3v) is 2.46. The Labute approximate surface area is 87.3 Å². The van der Waals surface area contributed by atoms with Crippen molar-refractivity contribution in [2.75, 3.05) is 7.11 Å². The van der Waals surface area contributed by atoms with Crippen LogP contribution in [0.15, 0.2) is 24.3 Å². The molecular formula is C10H11ClO3. The molecule has 0 bridgehead atoms. The van der Waals surface area contributed by atoms with Crippen LogP contribution in [0, 0.1) is 0 Å². The number of ether oxygens (including phenoxy) is 1. The number of methoxy groups -OCH3 is 1. The average molecular weight is 215 g/mol. The van der Waals surface area contributed by atoms with Gasteiger partial charge in [-0.15, -0.1) is 0 Å². The molecular weight excluding hydrogens is 204 g/mol. The van der Waals surface area contributed by atoms with Gasteiger partial charge < -0.3 is 9.84 Å². The monoisotopic (exact) mass is 214 g/mol. The zero-order chi connectivity index (χ0) is 10.8. The molecule has 0 aliphatic heterocycles. The average Bonchev–Trinajstić information content (AvgIpc) is 2.17. The molecule has 0 aromatic heterocycles. The molecule has 76 valence electrons. The number of aliphatic carboxylic acids is 1. The second kappa shape index (κ2) is 3.98. The molecule has 0 aliphatic carbocycles. The lowest BCUT2D eigenvalue weighted by molar-refractivity contribution is -0.161. The van der Waals surface area contributed by atoms with E-state index in [1.807, 2.05) is 0 Å². The van der Waals surface area contributed by atoms with Gasteiger partial charge in [0.1, 0.15) is 0 Å². The van der Waals surface area contributed by atoms with Crippen LogP contribution in [0.25, 0.3) is 0 Å². The summed E-state index contributed by atoms with van der Waals surface area (Å²) in [7, 11) is 1.36. The van der Waals surface area contributed by atoms with E-state index in [0.29, 0.717) is 10.6 Å². The van der Waals surface area contributed by atoms with Crippen molar-refractivity contribution in [1.29, 1.82) is 0 Å². The fourth-order valence-corrected chi connectivity index (χ4v) is 1.22. The molecule has 0 aliphatic rings. The Balaban J connectivity index is 3.13. The number of carbonyl (C=O) groups is 1. The van der Waals surface area contributed by atoms with Crippen LogP contribution in [0.3, 0.4) is 0 Å². The third kappa shape index (κ3) is 1.89. The van der Waals surface area contributed by atoms with Crippen LogP contribution < -0.4 is 0 Å². The first-order valence-corrected chi connectivity index (χ1v) is 4.43. The van der Waals surface area contributed by atoms with Crippen LogP contribution in [0.4, 0.5) is 0 Å². The standard InChI is InChI=1S/C10H11ClO3/c1-10(14-2,9(12)13)7-3-5-8(11)6-4-7/h3-6H,1-2H3,(H,12,13). The predicted molar refractivity (Wildman–Crippen MR) is 53.4 cm³/mol. The SMILES string of the molecule is COC(C)(C(=O)O)c1ccc(Cl)cc1. The number of hydrogen-bond donors (Lipinski definition) is 1. The Hall–Kier alpha value is -1.06. The molecule has 0 saturated carbocycles. The Morgan fingerprint density at radius 1 is 1.43 bits per heavy atom. The van der Waals surface area contributed by atoms with Gasteiger partial charge in [-0.2, -0.15) is 0 Å². The highest BCUT2D eigenvalue weighted by molar-refractivity contribution is 6.30. The third-order valence-electron chi connectivity index (χ3n) is 2.21. The number of hydrogen-bond acceptors (Lipinski definition) is 2. The predicted octanol–water partition coefficient (Wildman–Crippen LogP) is 2.29. The first-order chi connectivity index (χ1) is 6.50. The summed E-state index contributed by atoms with van der Waals surface area (Å²) >= 11 is 5.70. The Kier molecular flexibility index (Phi) is 3.13. The molecule has 1 aromatic rings. The second-order valence-electron chi connectivity index (χ2n) is 3.05. The van der Waals surface area contributed by atoms with Gasteiger partial charge in [-0.05, 0) is 24.6 Å². The highest BCUT2D eigenvalue weighted by atomic mass is 35.5. The van der Waals surface area contributed by atoms with Crippen LogP contribution in [-0.2, 0) is 15.1 Å². The van der Waals surface area contributed by atoms with E-state index >= 15 is 0 Å². The van der Waals surface area contributed by atoms with Crippen LogP contribution in [0.5, 0.6) is 0 Å². The number of halogens is 1. The van der Waals surface area contributed by atoms with Crippen molar-refractivity contribution in [2.24, 2.45) is 0 Å². The van der Waals surface area contributed by atoms with Crippen molar-refractivity contribution in [3.05, 3.63) is 34.9 Å². The molecule has 0 amide bonds. The fourth-order valence-electron chi connectivity index (χ4n) is 1.10. The van der Waals surface area contributed by atoms with Gasteiger partial charge in [-0.25, -0.2) is 4.79 Å². The normalized spacial score (nSPS) is 14.8. The van der Waals surface area contributed by atoms with Crippen molar-refractivity contribution >= 4 is 17.6 Å². The molecule has 1 rings (SSSR count). The van der Waals surface area contributed by atoms with Crippen molar-refractivity contribution in [3.63, 3.8) is 0 Å². The molecule has 4 heteroatoms. The van der Waals surface area contributed by atoms with Crippen LogP contribution in [-0.4, -0.2) is 18.2 Å². The van der Waals surface area contributed by atoms with Gasteiger partial charge in [0.05, 0.1) is 0 Å². The van der Waals surface area contributed by atoms with E-state index < -0.39 is 11.6 Å². The number of carboxylic acids is 1. The summed E-state index contributed by atoms with van der Waals surface area (Å²) < 4.78 is 4.98. The molecule has 0 heterocycles. The summed E-state index contributed by atoms with van der Waals surface area (Å²) in [6.07, 6.45) is 0. The summed E-state index contributed by atoms with van der Waals surface area (Å²) in [6, 6.07) is 6.55. The molecule has 1 unspecified atom stereocenters. The minimum absolute atomic E-state index is 0.567. The maximum absolute atomic E-state index is 11.0. The first kappa shape index (κ1) is 11.0. The molecule has 0 fully saturated rings. The summed E-state index contributed by atoms with van der Waals surface area (Å²) in [4.78, 5) is 11.0. The lowest BCUT2D eigenvalue weighted by atomic mass is 9.96. The summed E-state index contributed by atoms with van der Waals surface area (Å²) in [6.45, 7) is 1.50. The van der Waals surface area contributed by atoms with Gasteiger partial charge in [-0.1, -0.05) is 23.7 Å². The lowest BCUT2D eigenvalue weighted by Crippen LogP contribution is -2.34. The molecule has 0 saturated heterocycles. The van der Waals surface area contributed by atoms with E-state index in [2.05, 4.69) is 0 Å². The molecule has 14 heavy (non-hydrogen) atoms. The summed E-state index contributed by atoms with van der Waals surface area (Å²) in [5.74, 6) is -1.03. The van der Waals surface area contributed by atoms with Crippen LogP contribution in [0.2, 0.25) is 5.02 Å². The van der Waals surface area contributed by atoms with E-state index in [-0.39, 0.29) is 0 Å².